The molecule has 0 aliphatic heterocycles. The number of rotatable bonds is 7. The Morgan fingerprint density at radius 3 is 2.34 bits per heavy atom. The molecule has 0 unspecified atom stereocenters. The zero-order valence-corrected chi connectivity index (χ0v) is 14.9. The fourth-order valence-electron chi connectivity index (χ4n) is 2.15. The van der Waals surface area contributed by atoms with Gasteiger partial charge in [-0.25, -0.2) is 0 Å². The SMILES string of the molecule is COc1ccc(C(=O)NCC(=O)NNc2ccc(C(F)(F)F)cc2[N+](=O)[O-])cc1. The van der Waals surface area contributed by atoms with E-state index < -0.39 is 40.7 Å². The highest BCUT2D eigenvalue weighted by Crippen LogP contribution is 2.34. The second-order valence-electron chi connectivity index (χ2n) is 5.57. The molecular formula is C17H15F3N4O5. The van der Waals surface area contributed by atoms with Crippen LogP contribution in [-0.2, 0) is 11.0 Å². The van der Waals surface area contributed by atoms with Gasteiger partial charge < -0.3 is 10.1 Å². The normalized spacial score (nSPS) is 10.8. The topological polar surface area (TPSA) is 123 Å². The van der Waals surface area contributed by atoms with Gasteiger partial charge in [0.2, 0.25) is 0 Å². The third kappa shape index (κ3) is 5.82. The number of methoxy groups -OCH3 is 1. The van der Waals surface area contributed by atoms with E-state index in [0.29, 0.717) is 17.9 Å². The molecule has 2 amide bonds. The lowest BCUT2D eigenvalue weighted by Gasteiger charge is -2.12. The number of amides is 2. The third-order valence-electron chi connectivity index (χ3n) is 3.62. The summed E-state index contributed by atoms with van der Waals surface area (Å²) in [5.74, 6) is -0.786. The van der Waals surface area contributed by atoms with Crippen molar-refractivity contribution < 1.29 is 32.4 Å². The van der Waals surface area contributed by atoms with Gasteiger partial charge in [0, 0.05) is 11.6 Å². The Hall–Kier alpha value is -3.83. The van der Waals surface area contributed by atoms with Crippen molar-refractivity contribution in [3.05, 3.63) is 63.7 Å². The summed E-state index contributed by atoms with van der Waals surface area (Å²) in [7, 11) is 1.47. The second-order valence-corrected chi connectivity index (χ2v) is 5.57. The van der Waals surface area contributed by atoms with Gasteiger partial charge >= 0.3 is 6.18 Å². The van der Waals surface area contributed by atoms with Crippen molar-refractivity contribution in [3.63, 3.8) is 0 Å². The van der Waals surface area contributed by atoms with Crippen LogP contribution >= 0.6 is 0 Å². The van der Waals surface area contributed by atoms with Gasteiger partial charge in [0.1, 0.15) is 11.4 Å². The predicted octanol–water partition coefficient (Wildman–Crippen LogP) is 2.50. The Morgan fingerprint density at radius 2 is 1.79 bits per heavy atom. The largest absolute Gasteiger partial charge is 0.497 e. The highest BCUT2D eigenvalue weighted by molar-refractivity contribution is 5.96. The molecule has 29 heavy (non-hydrogen) atoms. The van der Waals surface area contributed by atoms with Crippen LogP contribution in [0.15, 0.2) is 42.5 Å². The summed E-state index contributed by atoms with van der Waals surface area (Å²) in [6.45, 7) is -0.480. The first kappa shape index (κ1) is 21.5. The van der Waals surface area contributed by atoms with Gasteiger partial charge in [-0.05, 0) is 36.4 Å². The molecule has 0 aromatic heterocycles. The van der Waals surface area contributed by atoms with Crippen LogP contribution in [0.4, 0.5) is 24.5 Å². The maximum Gasteiger partial charge on any atom is 0.416 e. The Labute approximate surface area is 162 Å². The minimum absolute atomic E-state index is 0.268. The molecule has 0 bridgehead atoms. The highest BCUT2D eigenvalue weighted by atomic mass is 19.4. The van der Waals surface area contributed by atoms with Crippen molar-refractivity contribution in [2.24, 2.45) is 0 Å². The molecule has 0 radical (unpaired) electrons. The molecule has 2 aromatic carbocycles. The van der Waals surface area contributed by atoms with Gasteiger partial charge in [-0.2, -0.15) is 13.2 Å². The van der Waals surface area contributed by atoms with E-state index in [-0.39, 0.29) is 11.3 Å². The Kier molecular flexibility index (Phi) is 6.59. The number of hydrogen-bond donors (Lipinski definition) is 3. The summed E-state index contributed by atoms with van der Waals surface area (Å²) < 4.78 is 43.0. The summed E-state index contributed by atoms with van der Waals surface area (Å²) in [6, 6.07) is 7.87. The van der Waals surface area contributed by atoms with Gasteiger partial charge in [0.25, 0.3) is 17.5 Å². The average molecular weight is 412 g/mol. The lowest BCUT2D eigenvalue weighted by molar-refractivity contribution is -0.384. The van der Waals surface area contributed by atoms with Crippen LogP contribution < -0.4 is 20.9 Å². The number of alkyl halides is 3. The molecule has 0 fully saturated rings. The van der Waals surface area contributed by atoms with Gasteiger partial charge in [0.05, 0.1) is 24.1 Å². The van der Waals surface area contributed by atoms with E-state index in [0.717, 1.165) is 6.07 Å². The van der Waals surface area contributed by atoms with Crippen molar-refractivity contribution in [3.8, 4) is 5.75 Å². The van der Waals surface area contributed by atoms with Crippen LogP contribution in [0, 0.1) is 10.1 Å². The Bertz CT molecular complexity index is 916. The first-order chi connectivity index (χ1) is 13.6. The van der Waals surface area contributed by atoms with E-state index in [9.17, 15) is 32.9 Å². The fourth-order valence-corrected chi connectivity index (χ4v) is 2.15. The molecule has 12 heteroatoms. The van der Waals surface area contributed by atoms with Crippen LogP contribution in [-0.4, -0.2) is 30.4 Å². The number of hydrazine groups is 1. The fraction of sp³-hybridized carbons (Fsp3) is 0.176. The number of benzene rings is 2. The number of nitro groups is 1. The van der Waals surface area contributed by atoms with E-state index in [1.54, 1.807) is 12.1 Å². The first-order valence-corrected chi connectivity index (χ1v) is 7.94. The number of ether oxygens (including phenoxy) is 1. The highest BCUT2D eigenvalue weighted by Gasteiger charge is 2.33. The smallest absolute Gasteiger partial charge is 0.416 e. The Balaban J connectivity index is 1.94. The standard InChI is InChI=1S/C17H15F3N4O5/c1-29-12-5-2-10(3-6-12)16(26)21-9-15(25)23-22-13-7-4-11(17(18,19)20)8-14(13)24(27)28/h2-8,22H,9H2,1H3,(H,21,26)(H,23,25). The zero-order chi connectivity index (χ0) is 21.6. The van der Waals surface area contributed by atoms with Crippen molar-refractivity contribution >= 4 is 23.2 Å². The lowest BCUT2D eigenvalue weighted by Crippen LogP contribution is -2.39. The molecule has 0 aliphatic rings. The summed E-state index contributed by atoms with van der Waals surface area (Å²) >= 11 is 0. The van der Waals surface area contributed by atoms with E-state index in [1.165, 1.54) is 19.2 Å². The molecule has 9 nitrogen and oxygen atoms in total. The van der Waals surface area contributed by atoms with E-state index in [1.807, 2.05) is 0 Å². The maximum absolute atomic E-state index is 12.7. The van der Waals surface area contributed by atoms with Crippen LogP contribution in [0.5, 0.6) is 5.75 Å². The van der Waals surface area contributed by atoms with Crippen LogP contribution in [0.2, 0.25) is 0 Å². The summed E-state index contributed by atoms with van der Waals surface area (Å²) in [5, 5.41) is 13.3. The van der Waals surface area contributed by atoms with Gasteiger partial charge in [-0.1, -0.05) is 0 Å². The van der Waals surface area contributed by atoms with Gasteiger partial charge in [-0.3, -0.25) is 30.6 Å². The molecule has 2 rings (SSSR count). The van der Waals surface area contributed by atoms with Crippen molar-refractivity contribution in [1.82, 2.24) is 10.7 Å². The summed E-state index contributed by atoms with van der Waals surface area (Å²) in [4.78, 5) is 33.7. The molecule has 0 aliphatic carbocycles. The molecule has 0 atom stereocenters. The Morgan fingerprint density at radius 1 is 1.14 bits per heavy atom. The van der Waals surface area contributed by atoms with Crippen LogP contribution in [0.3, 0.4) is 0 Å². The predicted molar refractivity (Wildman–Crippen MR) is 95.2 cm³/mol. The number of hydrogen-bond acceptors (Lipinski definition) is 6. The number of carbonyl (C=O) groups excluding carboxylic acids is 2. The lowest BCUT2D eigenvalue weighted by atomic mass is 10.1. The molecule has 0 spiro atoms. The number of nitrogens with one attached hydrogen (secondary N) is 3. The van der Waals surface area contributed by atoms with E-state index in [4.69, 9.17) is 4.74 Å². The molecule has 0 saturated heterocycles. The summed E-state index contributed by atoms with van der Waals surface area (Å²) in [6.07, 6.45) is -4.75. The maximum atomic E-state index is 12.7. The monoisotopic (exact) mass is 412 g/mol. The third-order valence-corrected chi connectivity index (χ3v) is 3.62. The zero-order valence-electron chi connectivity index (χ0n) is 14.9. The van der Waals surface area contributed by atoms with E-state index >= 15 is 0 Å². The number of anilines is 1. The minimum Gasteiger partial charge on any atom is -0.497 e. The van der Waals surface area contributed by atoms with Crippen LogP contribution in [0.1, 0.15) is 15.9 Å². The number of halogens is 3. The molecule has 3 N–H and O–H groups in total. The molecule has 154 valence electrons. The number of nitro benzene ring substituents is 1. The molecule has 0 saturated carbocycles. The second kappa shape index (κ2) is 8.91. The number of nitrogens with zero attached hydrogens (tertiary/aromatic N) is 1. The van der Waals surface area contributed by atoms with Crippen molar-refractivity contribution in [2.45, 2.75) is 6.18 Å². The van der Waals surface area contributed by atoms with Gasteiger partial charge in [0.15, 0.2) is 0 Å². The van der Waals surface area contributed by atoms with Crippen molar-refractivity contribution in [1.29, 1.82) is 0 Å². The molecule has 2 aromatic rings. The summed E-state index contributed by atoms with van der Waals surface area (Å²) in [5.41, 5.74) is 2.09. The number of carbonyl (C=O) groups is 2. The van der Waals surface area contributed by atoms with Crippen molar-refractivity contribution in [2.75, 3.05) is 19.1 Å². The molecular weight excluding hydrogens is 397 g/mol. The quantitative estimate of drug-likeness (QED) is 0.474. The van der Waals surface area contributed by atoms with Gasteiger partial charge in [-0.15, -0.1) is 0 Å². The minimum atomic E-state index is -4.75. The molecule has 0 heterocycles. The average Bonchev–Trinajstić information content (AvgIpc) is 2.69. The first-order valence-electron chi connectivity index (χ1n) is 7.94. The van der Waals surface area contributed by atoms with Crippen LogP contribution in [0.25, 0.3) is 0 Å². The van der Waals surface area contributed by atoms with E-state index in [2.05, 4.69) is 16.2 Å².